The molecule has 0 radical (unpaired) electrons. The lowest BCUT2D eigenvalue weighted by Crippen LogP contribution is -2.20. The van der Waals surface area contributed by atoms with Gasteiger partial charge in [-0.2, -0.15) is 5.26 Å². The number of rotatable bonds is 5. The van der Waals surface area contributed by atoms with E-state index in [4.69, 9.17) is 10.4 Å². The second-order valence-electron chi connectivity index (χ2n) is 3.12. The van der Waals surface area contributed by atoms with Gasteiger partial charge in [-0.1, -0.05) is 0 Å². The maximum atomic E-state index is 11.3. The summed E-state index contributed by atoms with van der Waals surface area (Å²) in [5.41, 5.74) is 1.01. The number of nitrogens with one attached hydrogen (secondary N) is 1. The molecule has 0 spiro atoms. The van der Waals surface area contributed by atoms with Crippen LogP contribution in [0.25, 0.3) is 0 Å². The fraction of sp³-hybridized carbons (Fsp3) is 0.182. The SMILES string of the molecule is N#Cc1ccc(NC(=O)COCC(=O)O)cc1. The Kier molecular flexibility index (Phi) is 4.66. The highest BCUT2D eigenvalue weighted by molar-refractivity contribution is 5.91. The van der Waals surface area contributed by atoms with E-state index in [0.717, 1.165) is 0 Å². The fourth-order valence-electron chi connectivity index (χ4n) is 1.06. The smallest absolute Gasteiger partial charge is 0.329 e. The van der Waals surface area contributed by atoms with Crippen LogP contribution in [0.2, 0.25) is 0 Å². The molecule has 6 heteroatoms. The van der Waals surface area contributed by atoms with E-state index in [0.29, 0.717) is 11.3 Å². The Morgan fingerprint density at radius 2 is 1.94 bits per heavy atom. The highest BCUT2D eigenvalue weighted by Crippen LogP contribution is 2.08. The van der Waals surface area contributed by atoms with Gasteiger partial charge in [0.2, 0.25) is 5.91 Å². The van der Waals surface area contributed by atoms with E-state index in [9.17, 15) is 9.59 Å². The molecule has 1 amide bonds. The quantitative estimate of drug-likeness (QED) is 0.777. The van der Waals surface area contributed by atoms with Crippen LogP contribution in [0.1, 0.15) is 5.56 Å². The first-order valence-corrected chi connectivity index (χ1v) is 4.71. The number of hydrogen-bond donors (Lipinski definition) is 2. The van der Waals surface area contributed by atoms with E-state index in [1.165, 1.54) is 0 Å². The molecule has 0 heterocycles. The minimum Gasteiger partial charge on any atom is -0.480 e. The number of amides is 1. The van der Waals surface area contributed by atoms with Crippen molar-refractivity contribution in [2.24, 2.45) is 0 Å². The molecule has 17 heavy (non-hydrogen) atoms. The summed E-state index contributed by atoms with van der Waals surface area (Å²) in [6.45, 7) is -0.840. The summed E-state index contributed by atoms with van der Waals surface area (Å²) >= 11 is 0. The van der Waals surface area contributed by atoms with Crippen LogP contribution in [0.15, 0.2) is 24.3 Å². The molecule has 0 aromatic heterocycles. The van der Waals surface area contributed by atoms with Crippen molar-refractivity contribution in [3.8, 4) is 6.07 Å². The Balaban J connectivity index is 2.40. The number of benzene rings is 1. The van der Waals surface area contributed by atoms with Crippen molar-refractivity contribution in [3.05, 3.63) is 29.8 Å². The van der Waals surface area contributed by atoms with Gasteiger partial charge >= 0.3 is 5.97 Å². The monoisotopic (exact) mass is 234 g/mol. The number of aliphatic carboxylic acids is 1. The molecule has 0 aliphatic heterocycles. The van der Waals surface area contributed by atoms with E-state index in [-0.39, 0.29) is 6.61 Å². The maximum Gasteiger partial charge on any atom is 0.329 e. The number of ether oxygens (including phenoxy) is 1. The first kappa shape index (κ1) is 12.7. The lowest BCUT2D eigenvalue weighted by Gasteiger charge is -2.04. The fourth-order valence-corrected chi connectivity index (χ4v) is 1.06. The molecule has 1 aromatic rings. The highest BCUT2D eigenvalue weighted by Gasteiger charge is 2.04. The van der Waals surface area contributed by atoms with Crippen molar-refractivity contribution >= 4 is 17.6 Å². The van der Waals surface area contributed by atoms with E-state index in [1.54, 1.807) is 24.3 Å². The molecule has 88 valence electrons. The average Bonchev–Trinajstić information content (AvgIpc) is 2.29. The molecule has 1 aromatic carbocycles. The van der Waals surface area contributed by atoms with Crippen LogP contribution < -0.4 is 5.32 Å². The molecule has 6 nitrogen and oxygen atoms in total. The average molecular weight is 234 g/mol. The number of anilines is 1. The molecule has 0 fully saturated rings. The molecular weight excluding hydrogens is 224 g/mol. The number of carbonyl (C=O) groups excluding carboxylic acids is 1. The van der Waals surface area contributed by atoms with Gasteiger partial charge in [-0.3, -0.25) is 4.79 Å². The summed E-state index contributed by atoms with van der Waals surface area (Å²) in [4.78, 5) is 21.4. The van der Waals surface area contributed by atoms with Gasteiger partial charge in [0.15, 0.2) is 0 Å². The third-order valence-electron chi connectivity index (χ3n) is 1.76. The van der Waals surface area contributed by atoms with Crippen molar-refractivity contribution < 1.29 is 19.4 Å². The summed E-state index contributed by atoms with van der Waals surface area (Å²) in [5, 5.41) is 19.4. The van der Waals surface area contributed by atoms with Crippen molar-refractivity contribution in [2.45, 2.75) is 0 Å². The van der Waals surface area contributed by atoms with Gasteiger partial charge in [0.25, 0.3) is 0 Å². The highest BCUT2D eigenvalue weighted by atomic mass is 16.5. The van der Waals surface area contributed by atoms with Crippen LogP contribution >= 0.6 is 0 Å². The second-order valence-corrected chi connectivity index (χ2v) is 3.12. The molecule has 0 saturated carbocycles. The van der Waals surface area contributed by atoms with E-state index < -0.39 is 18.5 Å². The minimum atomic E-state index is -1.13. The van der Waals surface area contributed by atoms with Gasteiger partial charge in [-0.15, -0.1) is 0 Å². The summed E-state index contributed by atoms with van der Waals surface area (Å²) in [5.74, 6) is -1.58. The van der Waals surface area contributed by atoms with E-state index in [2.05, 4.69) is 10.1 Å². The third kappa shape index (κ3) is 4.77. The lowest BCUT2D eigenvalue weighted by atomic mass is 10.2. The first-order valence-electron chi connectivity index (χ1n) is 4.71. The zero-order valence-corrected chi connectivity index (χ0v) is 8.84. The van der Waals surface area contributed by atoms with Gasteiger partial charge in [0.05, 0.1) is 11.6 Å². The predicted molar refractivity (Wildman–Crippen MR) is 58.2 cm³/mol. The van der Waals surface area contributed by atoms with Crippen LogP contribution in [0.3, 0.4) is 0 Å². The summed E-state index contributed by atoms with van der Waals surface area (Å²) in [6.07, 6.45) is 0. The summed E-state index contributed by atoms with van der Waals surface area (Å²) in [6, 6.07) is 8.23. The van der Waals surface area contributed by atoms with Gasteiger partial charge in [0.1, 0.15) is 13.2 Å². The Hall–Kier alpha value is -2.39. The van der Waals surface area contributed by atoms with Crippen molar-refractivity contribution in [3.63, 3.8) is 0 Å². The molecular formula is C11H10N2O4. The van der Waals surface area contributed by atoms with Crippen LogP contribution in [0.5, 0.6) is 0 Å². The minimum absolute atomic E-state index is 0.327. The number of carboxylic acids is 1. The molecule has 0 aliphatic rings. The Labute approximate surface area is 97.4 Å². The maximum absolute atomic E-state index is 11.3. The predicted octanol–water partition coefficient (Wildman–Crippen LogP) is 0.598. The molecule has 0 aliphatic carbocycles. The molecule has 2 N–H and O–H groups in total. The topological polar surface area (TPSA) is 99.4 Å². The van der Waals surface area contributed by atoms with Gasteiger partial charge in [-0.05, 0) is 24.3 Å². The molecule has 0 unspecified atom stereocenters. The van der Waals surface area contributed by atoms with Gasteiger partial charge in [0, 0.05) is 5.69 Å². The van der Waals surface area contributed by atoms with Gasteiger partial charge < -0.3 is 15.2 Å². The second kappa shape index (κ2) is 6.25. The largest absolute Gasteiger partial charge is 0.480 e. The van der Waals surface area contributed by atoms with Crippen LogP contribution in [-0.2, 0) is 14.3 Å². The molecule has 1 rings (SSSR count). The zero-order chi connectivity index (χ0) is 12.7. The normalized spacial score (nSPS) is 9.35. The molecule has 0 bridgehead atoms. The Morgan fingerprint density at radius 1 is 1.29 bits per heavy atom. The number of nitriles is 1. The Bertz CT molecular complexity index is 448. The van der Waals surface area contributed by atoms with Gasteiger partial charge in [-0.25, -0.2) is 4.79 Å². The van der Waals surface area contributed by atoms with Crippen molar-refractivity contribution in [1.29, 1.82) is 5.26 Å². The number of hydrogen-bond acceptors (Lipinski definition) is 4. The zero-order valence-electron chi connectivity index (χ0n) is 8.84. The summed E-state index contributed by atoms with van der Waals surface area (Å²) in [7, 11) is 0. The summed E-state index contributed by atoms with van der Waals surface area (Å²) < 4.78 is 4.61. The molecule has 0 saturated heterocycles. The number of carboxylic acid groups (broad SMARTS) is 1. The van der Waals surface area contributed by atoms with Crippen molar-refractivity contribution in [1.82, 2.24) is 0 Å². The van der Waals surface area contributed by atoms with E-state index >= 15 is 0 Å². The van der Waals surface area contributed by atoms with E-state index in [1.807, 2.05) is 6.07 Å². The van der Waals surface area contributed by atoms with Crippen LogP contribution in [0, 0.1) is 11.3 Å². The van der Waals surface area contributed by atoms with Crippen LogP contribution in [0.4, 0.5) is 5.69 Å². The standard InChI is InChI=1S/C11H10N2O4/c12-5-8-1-3-9(4-2-8)13-10(14)6-17-7-11(15)16/h1-4H,6-7H2,(H,13,14)(H,15,16). The lowest BCUT2D eigenvalue weighted by molar-refractivity contribution is -0.143. The number of nitrogens with zero attached hydrogens (tertiary/aromatic N) is 1. The molecule has 0 atom stereocenters. The van der Waals surface area contributed by atoms with Crippen LogP contribution in [-0.4, -0.2) is 30.2 Å². The first-order chi connectivity index (χ1) is 8.11. The number of carbonyl (C=O) groups is 2. The third-order valence-corrected chi connectivity index (χ3v) is 1.76. The van der Waals surface area contributed by atoms with Crippen molar-refractivity contribution in [2.75, 3.05) is 18.5 Å². The Morgan fingerprint density at radius 3 is 2.47 bits per heavy atom.